The van der Waals surface area contributed by atoms with E-state index in [1.165, 1.54) is 6.26 Å². The first-order chi connectivity index (χ1) is 15.3. The molecular formula is C21H16N6O4. The molecule has 0 saturated carbocycles. The summed E-state index contributed by atoms with van der Waals surface area (Å²) in [5.41, 5.74) is 3.97. The van der Waals surface area contributed by atoms with Gasteiger partial charge in [0, 0.05) is 17.8 Å². The Labute approximate surface area is 176 Å². The summed E-state index contributed by atoms with van der Waals surface area (Å²) in [5, 5.41) is 11.5. The van der Waals surface area contributed by atoms with Crippen LogP contribution in [0.25, 0.3) is 16.9 Å². The number of anilines is 1. The molecule has 0 spiro atoms. The van der Waals surface area contributed by atoms with Crippen LogP contribution in [0.1, 0.15) is 5.56 Å². The largest absolute Gasteiger partial charge is 0.471 e. The third-order valence-corrected chi connectivity index (χ3v) is 5.53. The first kappa shape index (κ1) is 17.6. The van der Waals surface area contributed by atoms with E-state index in [0.717, 1.165) is 22.4 Å². The number of rotatable bonds is 5. The average molecular weight is 416 g/mol. The quantitative estimate of drug-likeness (QED) is 0.489. The van der Waals surface area contributed by atoms with Crippen LogP contribution in [0.5, 0.6) is 5.88 Å². The first-order valence-electron chi connectivity index (χ1n) is 9.75. The molecule has 1 fully saturated rings. The van der Waals surface area contributed by atoms with Crippen LogP contribution in [-0.2, 0) is 11.2 Å². The standard InChI is InChI=1S/C21H16N6O4/c28-21-27-16-3-1-13(14-2-4-19(22-11-14)26-7-6-23-25-26)9-15(16)10-17(27)18(31-21)12-29-20-5-8-30-24-20/h1-9,11,17-18H,10,12H2/t17?,18-/m0/s1. The molecule has 2 aliphatic rings. The number of benzene rings is 1. The molecule has 2 aliphatic heterocycles. The van der Waals surface area contributed by atoms with Crippen molar-refractivity contribution in [2.24, 2.45) is 0 Å². The summed E-state index contributed by atoms with van der Waals surface area (Å²) in [7, 11) is 0. The molecule has 3 aromatic heterocycles. The molecular weight excluding hydrogens is 400 g/mol. The lowest BCUT2D eigenvalue weighted by Gasteiger charge is -2.16. The monoisotopic (exact) mass is 416 g/mol. The highest BCUT2D eigenvalue weighted by Crippen LogP contribution is 2.40. The highest BCUT2D eigenvalue weighted by Gasteiger charge is 2.47. The van der Waals surface area contributed by atoms with Crippen molar-refractivity contribution in [3.8, 4) is 22.8 Å². The summed E-state index contributed by atoms with van der Waals surface area (Å²) in [4.78, 5) is 18.7. The summed E-state index contributed by atoms with van der Waals surface area (Å²) in [6, 6.07) is 11.4. The van der Waals surface area contributed by atoms with E-state index in [0.29, 0.717) is 18.1 Å². The van der Waals surface area contributed by atoms with E-state index in [-0.39, 0.29) is 24.8 Å². The molecule has 10 heteroatoms. The minimum atomic E-state index is -0.385. The van der Waals surface area contributed by atoms with Crippen LogP contribution in [0.2, 0.25) is 0 Å². The number of pyridine rings is 1. The lowest BCUT2D eigenvalue weighted by atomic mass is 10.0. The second-order valence-electron chi connectivity index (χ2n) is 7.31. The lowest BCUT2D eigenvalue weighted by Crippen LogP contribution is -2.36. The van der Waals surface area contributed by atoms with Crippen molar-refractivity contribution in [3.05, 3.63) is 66.8 Å². The van der Waals surface area contributed by atoms with Crippen LogP contribution < -0.4 is 9.64 Å². The van der Waals surface area contributed by atoms with Crippen LogP contribution in [0.3, 0.4) is 0 Å². The van der Waals surface area contributed by atoms with E-state index in [4.69, 9.17) is 14.0 Å². The van der Waals surface area contributed by atoms with Crippen LogP contribution in [0.15, 0.2) is 65.8 Å². The fourth-order valence-electron chi connectivity index (χ4n) is 4.07. The molecule has 10 nitrogen and oxygen atoms in total. The Hall–Kier alpha value is -4.21. The third kappa shape index (κ3) is 3.00. The Bertz CT molecular complexity index is 1220. The second-order valence-corrected chi connectivity index (χ2v) is 7.31. The fourth-order valence-corrected chi connectivity index (χ4v) is 4.07. The predicted molar refractivity (Wildman–Crippen MR) is 107 cm³/mol. The molecule has 0 aliphatic carbocycles. The molecule has 0 N–H and O–H groups in total. The molecule has 1 aromatic carbocycles. The number of aromatic nitrogens is 5. The average Bonchev–Trinajstić information content (AvgIpc) is 3.58. The molecule has 4 aromatic rings. The van der Waals surface area contributed by atoms with Gasteiger partial charge in [-0.2, -0.15) is 0 Å². The first-order valence-corrected chi connectivity index (χ1v) is 9.75. The summed E-state index contributed by atoms with van der Waals surface area (Å²) in [6.45, 7) is 0.216. The number of hydrogen-bond donors (Lipinski definition) is 0. The molecule has 5 heterocycles. The van der Waals surface area contributed by atoms with Crippen molar-refractivity contribution >= 4 is 11.8 Å². The lowest BCUT2D eigenvalue weighted by molar-refractivity contribution is 0.0886. The Morgan fingerprint density at radius 2 is 2.10 bits per heavy atom. The Morgan fingerprint density at radius 1 is 1.16 bits per heavy atom. The minimum absolute atomic E-state index is 0.113. The molecule has 0 radical (unpaired) electrons. The molecule has 0 bridgehead atoms. The van der Waals surface area contributed by atoms with Gasteiger partial charge in [0.15, 0.2) is 11.9 Å². The van der Waals surface area contributed by atoms with Gasteiger partial charge in [-0.05, 0) is 47.0 Å². The number of nitrogens with zero attached hydrogens (tertiary/aromatic N) is 6. The van der Waals surface area contributed by atoms with Crippen molar-refractivity contribution in [2.45, 2.75) is 18.6 Å². The van der Waals surface area contributed by atoms with E-state index in [1.54, 1.807) is 34.2 Å². The maximum Gasteiger partial charge on any atom is 0.415 e. The maximum atomic E-state index is 12.5. The van der Waals surface area contributed by atoms with Gasteiger partial charge < -0.3 is 14.0 Å². The molecule has 6 rings (SSSR count). The zero-order chi connectivity index (χ0) is 20.8. The second kappa shape index (κ2) is 6.94. The van der Waals surface area contributed by atoms with Gasteiger partial charge in [-0.3, -0.25) is 4.90 Å². The summed E-state index contributed by atoms with van der Waals surface area (Å²) >= 11 is 0. The fraction of sp³-hybridized carbons (Fsp3) is 0.190. The molecule has 154 valence electrons. The van der Waals surface area contributed by atoms with Gasteiger partial charge >= 0.3 is 6.09 Å². The van der Waals surface area contributed by atoms with Gasteiger partial charge in [-0.15, -0.1) is 5.10 Å². The summed E-state index contributed by atoms with van der Waals surface area (Å²) < 4.78 is 17.5. The van der Waals surface area contributed by atoms with Crippen LogP contribution in [-0.4, -0.2) is 50.0 Å². The van der Waals surface area contributed by atoms with Gasteiger partial charge in [0.2, 0.25) is 0 Å². The van der Waals surface area contributed by atoms with Gasteiger partial charge in [0.05, 0.1) is 24.1 Å². The molecule has 1 saturated heterocycles. The van der Waals surface area contributed by atoms with Gasteiger partial charge in [0.25, 0.3) is 5.88 Å². The zero-order valence-electron chi connectivity index (χ0n) is 16.2. The molecule has 1 amide bonds. The molecule has 31 heavy (non-hydrogen) atoms. The highest BCUT2D eigenvalue weighted by atomic mass is 16.6. The number of fused-ring (bicyclic) bond motifs is 3. The van der Waals surface area contributed by atoms with Gasteiger partial charge in [-0.25, -0.2) is 14.5 Å². The van der Waals surface area contributed by atoms with E-state index >= 15 is 0 Å². The number of cyclic esters (lactones) is 1. The van der Waals surface area contributed by atoms with Gasteiger partial charge in [-0.1, -0.05) is 11.3 Å². The summed E-state index contributed by atoms with van der Waals surface area (Å²) in [5.74, 6) is 1.06. The third-order valence-electron chi connectivity index (χ3n) is 5.53. The minimum Gasteiger partial charge on any atom is -0.471 e. The number of carbonyl (C=O) groups is 1. The zero-order valence-corrected chi connectivity index (χ0v) is 16.2. The topological polar surface area (TPSA) is 108 Å². The van der Waals surface area contributed by atoms with Crippen molar-refractivity contribution in [2.75, 3.05) is 11.5 Å². The Kier molecular flexibility index (Phi) is 3.95. The highest BCUT2D eigenvalue weighted by molar-refractivity contribution is 5.94. The number of ether oxygens (including phenoxy) is 2. The molecule has 2 atom stereocenters. The van der Waals surface area contributed by atoms with Crippen molar-refractivity contribution in [1.29, 1.82) is 0 Å². The van der Waals surface area contributed by atoms with Crippen molar-refractivity contribution in [3.63, 3.8) is 0 Å². The van der Waals surface area contributed by atoms with E-state index in [2.05, 4.69) is 26.5 Å². The maximum absolute atomic E-state index is 12.5. The van der Waals surface area contributed by atoms with Crippen molar-refractivity contribution < 1.29 is 18.8 Å². The summed E-state index contributed by atoms with van der Waals surface area (Å²) in [6.07, 6.45) is 6.53. The SMILES string of the molecule is O=C1O[C@@H](COc2ccon2)C2Cc3cc(-c4ccc(-n5ccnn5)nc4)ccc3N12. The van der Waals surface area contributed by atoms with E-state index in [1.807, 2.05) is 24.3 Å². The molecule has 1 unspecified atom stereocenters. The van der Waals surface area contributed by atoms with Gasteiger partial charge in [0.1, 0.15) is 12.9 Å². The smallest absolute Gasteiger partial charge is 0.415 e. The number of amides is 1. The van der Waals surface area contributed by atoms with Crippen LogP contribution in [0, 0.1) is 0 Å². The normalized spacial score (nSPS) is 19.2. The Morgan fingerprint density at radius 3 is 2.87 bits per heavy atom. The van der Waals surface area contributed by atoms with Crippen LogP contribution >= 0.6 is 0 Å². The van der Waals surface area contributed by atoms with E-state index in [9.17, 15) is 4.79 Å². The Balaban J connectivity index is 1.23. The number of hydrogen-bond acceptors (Lipinski definition) is 8. The van der Waals surface area contributed by atoms with E-state index < -0.39 is 0 Å². The van der Waals surface area contributed by atoms with Crippen molar-refractivity contribution in [1.82, 2.24) is 25.1 Å². The predicted octanol–water partition coefficient (Wildman–Crippen LogP) is 2.65. The number of carbonyl (C=O) groups excluding carboxylic acids is 1. The van der Waals surface area contributed by atoms with Crippen LogP contribution in [0.4, 0.5) is 10.5 Å².